The monoisotopic (exact) mass is 332 g/mol. The molecule has 1 fully saturated rings. The highest BCUT2D eigenvalue weighted by atomic mass is 16.5. The van der Waals surface area contributed by atoms with Gasteiger partial charge in [0.05, 0.1) is 18.8 Å². The normalized spacial score (nSPS) is 19.4. The predicted molar refractivity (Wildman–Crippen MR) is 89.3 cm³/mol. The first-order valence-electron chi connectivity index (χ1n) is 8.28. The molecule has 0 spiro atoms. The summed E-state index contributed by atoms with van der Waals surface area (Å²) in [6, 6.07) is 9.52. The second kappa shape index (κ2) is 7.68. The molecule has 0 aliphatic carbocycles. The van der Waals surface area contributed by atoms with Crippen LogP contribution in [0.4, 0.5) is 0 Å². The van der Waals surface area contributed by atoms with Gasteiger partial charge in [-0.05, 0) is 50.6 Å². The third-order valence-corrected chi connectivity index (χ3v) is 4.29. The number of likely N-dealkylation sites (tertiary alicyclic amines) is 1. The van der Waals surface area contributed by atoms with Crippen LogP contribution in [0.25, 0.3) is 0 Å². The van der Waals surface area contributed by atoms with Crippen LogP contribution in [0.2, 0.25) is 0 Å². The number of nitrogens with zero attached hydrogens (tertiary/aromatic N) is 2. The Hall–Kier alpha value is -2.05. The van der Waals surface area contributed by atoms with E-state index in [1.807, 2.05) is 37.3 Å². The molecule has 0 saturated carbocycles. The van der Waals surface area contributed by atoms with E-state index >= 15 is 0 Å². The first-order chi connectivity index (χ1) is 11.7. The van der Waals surface area contributed by atoms with Crippen LogP contribution in [-0.2, 0) is 0 Å². The highest BCUT2D eigenvalue weighted by molar-refractivity contribution is 5.31. The quantitative estimate of drug-likeness (QED) is 0.840. The van der Waals surface area contributed by atoms with E-state index in [4.69, 9.17) is 14.0 Å². The standard InChI is InChI=1S/C18H24N2O4/c1-13-10-18(24-19-13)17-4-3-9-20(17)11-14(21)12-23-16-7-5-15(22-2)6-8-16/h5-8,10,14,17,21H,3-4,9,11-12H2,1-2H3/t14-,17-/m0/s1. The molecule has 3 rings (SSSR count). The van der Waals surface area contributed by atoms with E-state index in [0.717, 1.165) is 42.3 Å². The molecule has 0 unspecified atom stereocenters. The molecule has 0 bridgehead atoms. The Morgan fingerprint density at radius 3 is 2.75 bits per heavy atom. The number of benzene rings is 1. The summed E-state index contributed by atoms with van der Waals surface area (Å²) >= 11 is 0. The molecule has 2 heterocycles. The van der Waals surface area contributed by atoms with Gasteiger partial charge in [-0.15, -0.1) is 0 Å². The largest absolute Gasteiger partial charge is 0.497 e. The summed E-state index contributed by atoms with van der Waals surface area (Å²) in [4.78, 5) is 2.24. The zero-order chi connectivity index (χ0) is 16.9. The van der Waals surface area contributed by atoms with E-state index in [0.29, 0.717) is 6.54 Å². The van der Waals surface area contributed by atoms with E-state index in [2.05, 4.69) is 10.1 Å². The molecular formula is C18H24N2O4. The molecule has 1 N–H and O–H groups in total. The molecule has 0 radical (unpaired) electrons. The van der Waals surface area contributed by atoms with Crippen LogP contribution in [0, 0.1) is 6.92 Å². The Morgan fingerprint density at radius 1 is 1.33 bits per heavy atom. The number of rotatable bonds is 7. The van der Waals surface area contributed by atoms with Crippen LogP contribution in [0.15, 0.2) is 34.9 Å². The lowest BCUT2D eigenvalue weighted by Crippen LogP contribution is -2.35. The third-order valence-electron chi connectivity index (χ3n) is 4.29. The van der Waals surface area contributed by atoms with Gasteiger partial charge in [0, 0.05) is 12.6 Å². The number of methoxy groups -OCH3 is 1. The van der Waals surface area contributed by atoms with Crippen molar-refractivity contribution in [3.8, 4) is 11.5 Å². The first kappa shape index (κ1) is 16.8. The second-order valence-electron chi connectivity index (χ2n) is 6.16. The molecule has 1 aliphatic rings. The molecular weight excluding hydrogens is 308 g/mol. The fourth-order valence-corrected chi connectivity index (χ4v) is 3.09. The van der Waals surface area contributed by atoms with Gasteiger partial charge in [0.1, 0.15) is 24.2 Å². The van der Waals surface area contributed by atoms with Crippen LogP contribution in [-0.4, -0.2) is 48.1 Å². The summed E-state index contributed by atoms with van der Waals surface area (Å²) in [5.74, 6) is 2.39. The summed E-state index contributed by atoms with van der Waals surface area (Å²) in [7, 11) is 1.63. The van der Waals surface area contributed by atoms with Gasteiger partial charge in [-0.3, -0.25) is 4.90 Å². The number of β-amino-alcohol motifs (C(OH)–C–C–N with tert-alkyl or cyclic N) is 1. The highest BCUT2D eigenvalue weighted by Crippen LogP contribution is 2.32. The van der Waals surface area contributed by atoms with E-state index in [1.165, 1.54) is 0 Å². The molecule has 6 nitrogen and oxygen atoms in total. The van der Waals surface area contributed by atoms with Crippen LogP contribution in [0.5, 0.6) is 11.5 Å². The van der Waals surface area contributed by atoms with E-state index in [-0.39, 0.29) is 12.6 Å². The highest BCUT2D eigenvalue weighted by Gasteiger charge is 2.30. The zero-order valence-corrected chi connectivity index (χ0v) is 14.1. The van der Waals surface area contributed by atoms with Crippen molar-refractivity contribution in [2.75, 3.05) is 26.8 Å². The van der Waals surface area contributed by atoms with Crippen molar-refractivity contribution >= 4 is 0 Å². The lowest BCUT2D eigenvalue weighted by molar-refractivity contribution is 0.0598. The Morgan fingerprint density at radius 2 is 2.08 bits per heavy atom. The maximum atomic E-state index is 10.3. The molecule has 0 amide bonds. The molecule has 2 aromatic rings. The number of hydrogen-bond acceptors (Lipinski definition) is 6. The molecule has 1 saturated heterocycles. The molecule has 1 aromatic carbocycles. The number of aromatic nitrogens is 1. The summed E-state index contributed by atoms with van der Waals surface area (Å²) in [5.41, 5.74) is 0.889. The minimum atomic E-state index is -0.559. The van der Waals surface area contributed by atoms with E-state index < -0.39 is 6.10 Å². The summed E-state index contributed by atoms with van der Waals surface area (Å²) < 4.78 is 16.2. The number of aliphatic hydroxyl groups is 1. The van der Waals surface area contributed by atoms with Crippen molar-refractivity contribution < 1.29 is 19.1 Å². The summed E-state index contributed by atoms with van der Waals surface area (Å²) in [6.07, 6.45) is 1.56. The molecule has 130 valence electrons. The number of hydrogen-bond donors (Lipinski definition) is 1. The minimum absolute atomic E-state index is 0.196. The van der Waals surface area contributed by atoms with Gasteiger partial charge in [-0.1, -0.05) is 5.16 Å². The van der Waals surface area contributed by atoms with Gasteiger partial charge in [0.15, 0.2) is 5.76 Å². The van der Waals surface area contributed by atoms with Crippen molar-refractivity contribution in [1.29, 1.82) is 0 Å². The number of aliphatic hydroxyl groups excluding tert-OH is 1. The number of aryl methyl sites for hydroxylation is 1. The molecule has 2 atom stereocenters. The van der Waals surface area contributed by atoms with Crippen LogP contribution in [0.3, 0.4) is 0 Å². The molecule has 1 aliphatic heterocycles. The Bertz CT molecular complexity index is 641. The van der Waals surface area contributed by atoms with Crippen LogP contribution in [0.1, 0.15) is 30.3 Å². The van der Waals surface area contributed by atoms with Crippen molar-refractivity contribution in [2.24, 2.45) is 0 Å². The van der Waals surface area contributed by atoms with Crippen molar-refractivity contribution in [3.63, 3.8) is 0 Å². The zero-order valence-electron chi connectivity index (χ0n) is 14.1. The molecule has 6 heteroatoms. The van der Waals surface area contributed by atoms with Crippen molar-refractivity contribution in [2.45, 2.75) is 31.9 Å². The average molecular weight is 332 g/mol. The third kappa shape index (κ3) is 4.07. The second-order valence-corrected chi connectivity index (χ2v) is 6.16. The van der Waals surface area contributed by atoms with Crippen molar-refractivity contribution in [1.82, 2.24) is 10.1 Å². The van der Waals surface area contributed by atoms with Crippen LogP contribution < -0.4 is 9.47 Å². The molecule has 24 heavy (non-hydrogen) atoms. The van der Waals surface area contributed by atoms with E-state index in [1.54, 1.807) is 7.11 Å². The predicted octanol–water partition coefficient (Wildman–Crippen LogP) is 2.57. The fourth-order valence-electron chi connectivity index (χ4n) is 3.09. The lowest BCUT2D eigenvalue weighted by atomic mass is 10.1. The van der Waals surface area contributed by atoms with Gasteiger partial charge < -0.3 is 19.1 Å². The Balaban J connectivity index is 1.51. The Labute approximate surface area is 142 Å². The Kier molecular flexibility index (Phi) is 5.37. The average Bonchev–Trinajstić information content (AvgIpc) is 3.22. The SMILES string of the molecule is COc1ccc(OC[C@@H](O)CN2CCC[C@H]2c2cc(C)no2)cc1. The maximum absolute atomic E-state index is 10.3. The minimum Gasteiger partial charge on any atom is -0.497 e. The van der Waals surface area contributed by atoms with Gasteiger partial charge >= 0.3 is 0 Å². The van der Waals surface area contributed by atoms with Gasteiger partial charge in [-0.2, -0.15) is 0 Å². The van der Waals surface area contributed by atoms with Crippen LogP contribution >= 0.6 is 0 Å². The maximum Gasteiger partial charge on any atom is 0.154 e. The molecule has 1 aromatic heterocycles. The van der Waals surface area contributed by atoms with Gasteiger partial charge in [0.25, 0.3) is 0 Å². The van der Waals surface area contributed by atoms with Crippen molar-refractivity contribution in [3.05, 3.63) is 41.8 Å². The first-order valence-corrected chi connectivity index (χ1v) is 8.28. The van der Waals surface area contributed by atoms with E-state index in [9.17, 15) is 5.11 Å². The summed E-state index contributed by atoms with van der Waals surface area (Å²) in [5, 5.41) is 14.3. The van der Waals surface area contributed by atoms with Gasteiger partial charge in [-0.25, -0.2) is 0 Å². The smallest absolute Gasteiger partial charge is 0.154 e. The lowest BCUT2D eigenvalue weighted by Gasteiger charge is -2.25. The summed E-state index contributed by atoms with van der Waals surface area (Å²) in [6.45, 7) is 3.68. The van der Waals surface area contributed by atoms with Gasteiger partial charge in [0.2, 0.25) is 0 Å². The fraction of sp³-hybridized carbons (Fsp3) is 0.500. The number of ether oxygens (including phenoxy) is 2. The topological polar surface area (TPSA) is 68.0 Å².